The van der Waals surface area contributed by atoms with Gasteiger partial charge in [-0.3, -0.25) is 10.1 Å². The largest absolute Gasteiger partial charge is 0.298 e. The maximum Gasteiger partial charge on any atom is 0.257 e. The highest BCUT2D eigenvalue weighted by molar-refractivity contribution is 7.14. The van der Waals surface area contributed by atoms with Gasteiger partial charge in [-0.1, -0.05) is 42.5 Å². The van der Waals surface area contributed by atoms with Crippen LogP contribution in [0.2, 0.25) is 0 Å². The number of hydrogen-bond acceptors (Lipinski definition) is 3. The first kappa shape index (κ1) is 19.0. The second-order valence-electron chi connectivity index (χ2n) is 6.48. The van der Waals surface area contributed by atoms with Crippen molar-refractivity contribution in [3.8, 4) is 11.3 Å². The molecule has 0 saturated heterocycles. The maximum absolute atomic E-state index is 13.9. The van der Waals surface area contributed by atoms with Crippen molar-refractivity contribution in [2.24, 2.45) is 0 Å². The zero-order chi connectivity index (χ0) is 20.2. The Labute approximate surface area is 170 Å². The van der Waals surface area contributed by atoms with Crippen molar-refractivity contribution in [2.75, 3.05) is 5.32 Å². The summed E-state index contributed by atoms with van der Waals surface area (Å²) in [7, 11) is 0. The molecular weight excluding hydrogens is 390 g/mol. The van der Waals surface area contributed by atoms with Crippen LogP contribution in [0.15, 0.2) is 78.2 Å². The van der Waals surface area contributed by atoms with E-state index in [1.54, 1.807) is 17.5 Å². The van der Waals surface area contributed by atoms with Gasteiger partial charge in [0.1, 0.15) is 11.6 Å². The van der Waals surface area contributed by atoms with E-state index in [-0.39, 0.29) is 11.5 Å². The molecule has 1 heterocycles. The molecule has 0 radical (unpaired) electrons. The summed E-state index contributed by atoms with van der Waals surface area (Å²) in [4.78, 5) is 16.7. The van der Waals surface area contributed by atoms with Crippen LogP contribution in [0.25, 0.3) is 11.3 Å². The zero-order valence-electron chi connectivity index (χ0n) is 15.2. The van der Waals surface area contributed by atoms with E-state index >= 15 is 0 Å². The van der Waals surface area contributed by atoms with E-state index in [0.717, 1.165) is 18.1 Å². The number of carbonyl (C=O) groups excluding carboxylic acids is 1. The molecule has 1 amide bonds. The zero-order valence-corrected chi connectivity index (χ0v) is 16.0. The first-order valence-corrected chi connectivity index (χ1v) is 9.81. The van der Waals surface area contributed by atoms with Gasteiger partial charge in [-0.05, 0) is 41.8 Å². The van der Waals surface area contributed by atoms with Crippen molar-refractivity contribution in [3.63, 3.8) is 0 Å². The number of halogens is 2. The Balaban J connectivity index is 1.44. The Bertz CT molecular complexity index is 1140. The second kappa shape index (κ2) is 8.32. The van der Waals surface area contributed by atoms with E-state index in [1.807, 2.05) is 30.3 Å². The number of anilines is 1. The lowest BCUT2D eigenvalue weighted by Gasteiger charge is -2.05. The molecule has 0 unspecified atom stereocenters. The minimum absolute atomic E-state index is 0.188. The Morgan fingerprint density at radius 1 is 0.931 bits per heavy atom. The Morgan fingerprint density at radius 3 is 2.38 bits per heavy atom. The summed E-state index contributed by atoms with van der Waals surface area (Å²) in [6, 6.07) is 20.8. The van der Waals surface area contributed by atoms with Crippen molar-refractivity contribution in [1.29, 1.82) is 0 Å². The fourth-order valence-electron chi connectivity index (χ4n) is 2.93. The normalized spacial score (nSPS) is 10.7. The van der Waals surface area contributed by atoms with E-state index in [4.69, 9.17) is 0 Å². The van der Waals surface area contributed by atoms with Gasteiger partial charge < -0.3 is 0 Å². The number of carbonyl (C=O) groups is 1. The van der Waals surface area contributed by atoms with Crippen LogP contribution in [0, 0.1) is 11.6 Å². The minimum atomic E-state index is -0.692. The molecule has 29 heavy (non-hydrogen) atoms. The molecule has 3 aromatic carbocycles. The van der Waals surface area contributed by atoms with Gasteiger partial charge in [-0.15, -0.1) is 11.3 Å². The Kier molecular flexibility index (Phi) is 5.44. The summed E-state index contributed by atoms with van der Waals surface area (Å²) in [5.41, 5.74) is 3.35. The van der Waals surface area contributed by atoms with E-state index in [2.05, 4.69) is 22.4 Å². The van der Waals surface area contributed by atoms with Crippen LogP contribution in [-0.2, 0) is 6.42 Å². The highest BCUT2D eigenvalue weighted by atomic mass is 32.1. The van der Waals surface area contributed by atoms with Gasteiger partial charge in [-0.25, -0.2) is 13.8 Å². The van der Waals surface area contributed by atoms with Crippen LogP contribution >= 0.6 is 11.3 Å². The Morgan fingerprint density at radius 2 is 1.66 bits per heavy atom. The summed E-state index contributed by atoms with van der Waals surface area (Å²) in [6.45, 7) is 0. The molecule has 4 rings (SSSR count). The lowest BCUT2D eigenvalue weighted by Crippen LogP contribution is -2.11. The second-order valence-corrected chi connectivity index (χ2v) is 7.33. The van der Waals surface area contributed by atoms with Gasteiger partial charge in [0.25, 0.3) is 5.91 Å². The van der Waals surface area contributed by atoms with E-state index in [9.17, 15) is 13.6 Å². The molecule has 0 atom stereocenters. The lowest BCUT2D eigenvalue weighted by molar-refractivity contribution is 0.102. The van der Waals surface area contributed by atoms with E-state index in [0.29, 0.717) is 16.4 Å². The first-order valence-electron chi connectivity index (χ1n) is 8.93. The molecule has 1 N–H and O–H groups in total. The molecule has 144 valence electrons. The number of hydrogen-bond donors (Lipinski definition) is 1. The number of nitrogens with zero attached hydrogens (tertiary/aromatic N) is 1. The quantitative estimate of drug-likeness (QED) is 0.446. The molecule has 4 aromatic rings. The topological polar surface area (TPSA) is 42.0 Å². The number of aromatic nitrogens is 1. The molecule has 0 saturated carbocycles. The molecule has 1 aromatic heterocycles. The van der Waals surface area contributed by atoms with Crippen molar-refractivity contribution < 1.29 is 13.6 Å². The van der Waals surface area contributed by atoms with Gasteiger partial charge >= 0.3 is 0 Å². The van der Waals surface area contributed by atoms with Crippen LogP contribution in [0.5, 0.6) is 0 Å². The van der Waals surface area contributed by atoms with Gasteiger partial charge in [0, 0.05) is 22.6 Å². The van der Waals surface area contributed by atoms with Crippen LogP contribution in [0.3, 0.4) is 0 Å². The minimum Gasteiger partial charge on any atom is -0.298 e. The summed E-state index contributed by atoms with van der Waals surface area (Å²) < 4.78 is 27.0. The van der Waals surface area contributed by atoms with Crippen molar-refractivity contribution in [2.45, 2.75) is 6.42 Å². The molecule has 0 bridgehead atoms. The summed E-state index contributed by atoms with van der Waals surface area (Å²) >= 11 is 1.18. The fraction of sp³-hybridized carbons (Fsp3) is 0.0435. The predicted molar refractivity (Wildman–Crippen MR) is 111 cm³/mol. The van der Waals surface area contributed by atoms with Crippen molar-refractivity contribution in [3.05, 3.63) is 107 Å². The van der Waals surface area contributed by atoms with E-state index < -0.39 is 11.6 Å². The third-order valence-corrected chi connectivity index (χ3v) is 5.16. The van der Waals surface area contributed by atoms with Crippen molar-refractivity contribution >= 4 is 22.4 Å². The van der Waals surface area contributed by atoms with Crippen LogP contribution < -0.4 is 5.32 Å². The van der Waals surface area contributed by atoms with Crippen LogP contribution in [0.4, 0.5) is 13.9 Å². The van der Waals surface area contributed by atoms with Gasteiger partial charge in [-0.2, -0.15) is 0 Å². The van der Waals surface area contributed by atoms with Gasteiger partial charge in [0.15, 0.2) is 5.13 Å². The predicted octanol–water partition coefficient (Wildman–Crippen LogP) is 5.93. The van der Waals surface area contributed by atoms with Crippen LogP contribution in [0.1, 0.15) is 21.5 Å². The monoisotopic (exact) mass is 406 g/mol. The molecule has 0 spiro atoms. The molecule has 0 aliphatic heterocycles. The Hall–Kier alpha value is -3.38. The van der Waals surface area contributed by atoms with Crippen molar-refractivity contribution in [1.82, 2.24) is 4.98 Å². The summed E-state index contributed by atoms with van der Waals surface area (Å²) in [5, 5.41) is 4.69. The van der Waals surface area contributed by atoms with Gasteiger partial charge in [0.05, 0.1) is 5.69 Å². The molecular formula is C23H16F2N2OS. The highest BCUT2D eigenvalue weighted by Crippen LogP contribution is 2.27. The van der Waals surface area contributed by atoms with Gasteiger partial charge in [0.2, 0.25) is 0 Å². The number of amides is 1. The molecule has 3 nitrogen and oxygen atoms in total. The maximum atomic E-state index is 13.9. The molecule has 6 heteroatoms. The molecule has 0 aliphatic carbocycles. The average Bonchev–Trinajstić information content (AvgIpc) is 3.17. The number of benzene rings is 3. The third-order valence-electron chi connectivity index (χ3n) is 4.40. The number of rotatable bonds is 5. The van der Waals surface area contributed by atoms with E-state index in [1.165, 1.54) is 29.0 Å². The average molecular weight is 406 g/mol. The molecule has 0 aliphatic rings. The molecule has 0 fully saturated rings. The summed E-state index contributed by atoms with van der Waals surface area (Å²) in [6.07, 6.45) is 0.793. The fourth-order valence-corrected chi connectivity index (χ4v) is 3.63. The standard InChI is InChI=1S/C23H16F2N2OS/c24-18-10-11-19(20(25)13-18)21-14-29-23(26-21)27-22(28)17-8-6-16(7-9-17)12-15-4-2-1-3-5-15/h1-11,13-14H,12H2,(H,26,27,28). The highest BCUT2D eigenvalue weighted by Gasteiger charge is 2.13. The SMILES string of the molecule is O=C(Nc1nc(-c2ccc(F)cc2F)cs1)c1ccc(Cc2ccccc2)cc1. The smallest absolute Gasteiger partial charge is 0.257 e. The number of nitrogens with one attached hydrogen (secondary N) is 1. The third kappa shape index (κ3) is 4.55. The first-order chi connectivity index (χ1) is 14.1. The summed E-state index contributed by atoms with van der Waals surface area (Å²) in [5.74, 6) is -1.63. The van der Waals surface area contributed by atoms with Crippen LogP contribution in [-0.4, -0.2) is 10.9 Å². The lowest BCUT2D eigenvalue weighted by atomic mass is 10.0. The number of thiazole rings is 1.